The number of amides is 2. The molecule has 25 heavy (non-hydrogen) atoms. The third kappa shape index (κ3) is 3.97. The maximum Gasteiger partial charge on any atom is 0.247 e. The second-order valence-electron chi connectivity index (χ2n) is 7.14. The van der Waals surface area contributed by atoms with E-state index >= 15 is 0 Å². The van der Waals surface area contributed by atoms with E-state index in [1.807, 2.05) is 19.1 Å². The molecule has 2 fully saturated rings. The number of aryl methyl sites for hydroxylation is 1. The molecule has 1 aromatic rings. The summed E-state index contributed by atoms with van der Waals surface area (Å²) >= 11 is 0. The van der Waals surface area contributed by atoms with Gasteiger partial charge in [0.2, 0.25) is 11.8 Å². The molecule has 3 rings (SSSR count). The summed E-state index contributed by atoms with van der Waals surface area (Å²) in [5, 5.41) is 3.03. The molecule has 5 heteroatoms. The van der Waals surface area contributed by atoms with Gasteiger partial charge in [-0.1, -0.05) is 6.92 Å². The van der Waals surface area contributed by atoms with Crippen molar-refractivity contribution in [2.24, 2.45) is 0 Å². The summed E-state index contributed by atoms with van der Waals surface area (Å²) in [5.74, 6) is 0.00948. The van der Waals surface area contributed by atoms with Crippen LogP contribution in [0, 0.1) is 6.92 Å². The number of hydrogen-bond donors (Lipinski definition) is 1. The van der Waals surface area contributed by atoms with Crippen LogP contribution in [0.2, 0.25) is 0 Å². The van der Waals surface area contributed by atoms with Crippen molar-refractivity contribution in [2.75, 3.05) is 29.9 Å². The lowest BCUT2D eigenvalue weighted by molar-refractivity contribution is -0.140. The van der Waals surface area contributed by atoms with Gasteiger partial charge in [0.05, 0.1) is 0 Å². The molecule has 0 saturated carbocycles. The van der Waals surface area contributed by atoms with Crippen LogP contribution in [-0.4, -0.2) is 42.4 Å². The van der Waals surface area contributed by atoms with E-state index in [9.17, 15) is 9.59 Å². The zero-order valence-corrected chi connectivity index (χ0v) is 15.4. The Morgan fingerprint density at radius 3 is 2.52 bits per heavy atom. The first kappa shape index (κ1) is 17.8. The van der Waals surface area contributed by atoms with Crippen LogP contribution >= 0.6 is 0 Å². The summed E-state index contributed by atoms with van der Waals surface area (Å²) < 4.78 is 0. The molecule has 0 aromatic heterocycles. The molecule has 2 aliphatic heterocycles. The topological polar surface area (TPSA) is 52.7 Å². The van der Waals surface area contributed by atoms with Gasteiger partial charge in [-0.15, -0.1) is 0 Å². The van der Waals surface area contributed by atoms with Gasteiger partial charge in [-0.2, -0.15) is 0 Å². The van der Waals surface area contributed by atoms with Crippen molar-refractivity contribution in [1.29, 1.82) is 0 Å². The molecule has 2 heterocycles. The first-order valence-corrected chi connectivity index (χ1v) is 9.56. The van der Waals surface area contributed by atoms with Crippen molar-refractivity contribution >= 4 is 23.2 Å². The van der Waals surface area contributed by atoms with Crippen molar-refractivity contribution in [2.45, 2.75) is 58.4 Å². The molecule has 0 spiro atoms. The maximum absolute atomic E-state index is 12.7. The van der Waals surface area contributed by atoms with E-state index in [1.54, 1.807) is 4.90 Å². The first-order valence-electron chi connectivity index (χ1n) is 9.56. The van der Waals surface area contributed by atoms with Gasteiger partial charge in [-0.25, -0.2) is 0 Å². The third-order valence-corrected chi connectivity index (χ3v) is 5.34. The summed E-state index contributed by atoms with van der Waals surface area (Å²) in [6, 6.07) is 5.79. The average molecular weight is 343 g/mol. The van der Waals surface area contributed by atoms with Crippen LogP contribution in [0.5, 0.6) is 0 Å². The lowest BCUT2D eigenvalue weighted by Gasteiger charge is -2.34. The highest BCUT2D eigenvalue weighted by atomic mass is 16.2. The number of nitrogens with one attached hydrogen (secondary N) is 1. The largest absolute Gasteiger partial charge is 0.371 e. The van der Waals surface area contributed by atoms with Crippen molar-refractivity contribution in [3.05, 3.63) is 23.8 Å². The number of benzene rings is 1. The Balaban J connectivity index is 1.69. The van der Waals surface area contributed by atoms with Gasteiger partial charge < -0.3 is 15.1 Å². The van der Waals surface area contributed by atoms with Crippen LogP contribution in [0.25, 0.3) is 0 Å². The van der Waals surface area contributed by atoms with Crippen molar-refractivity contribution < 1.29 is 9.59 Å². The standard InChI is InChI=1S/C20H29N3O2/c1-3-19(24)23-13-5-4-8-18(23)20(25)21-16-9-10-17(15(2)14-16)22-11-6-7-12-22/h9-10,14,18H,3-8,11-13H2,1-2H3,(H,21,25)/t18-/m1/s1. The molecule has 1 atom stereocenters. The smallest absolute Gasteiger partial charge is 0.247 e. The molecule has 136 valence electrons. The second kappa shape index (κ2) is 7.89. The van der Waals surface area contributed by atoms with Gasteiger partial charge in [-0.05, 0) is 62.8 Å². The summed E-state index contributed by atoms with van der Waals surface area (Å²) in [7, 11) is 0. The summed E-state index contributed by atoms with van der Waals surface area (Å²) in [5.41, 5.74) is 3.26. The second-order valence-corrected chi connectivity index (χ2v) is 7.14. The predicted octanol–water partition coefficient (Wildman–Crippen LogP) is 3.32. The molecule has 2 amide bonds. The van der Waals surface area contributed by atoms with E-state index in [0.29, 0.717) is 13.0 Å². The number of rotatable bonds is 4. The number of likely N-dealkylation sites (tertiary alicyclic amines) is 1. The minimum Gasteiger partial charge on any atom is -0.371 e. The number of carbonyl (C=O) groups excluding carboxylic acids is 2. The Morgan fingerprint density at radius 1 is 1.12 bits per heavy atom. The molecular weight excluding hydrogens is 314 g/mol. The van der Waals surface area contributed by atoms with Gasteiger partial charge in [-0.3, -0.25) is 9.59 Å². The van der Waals surface area contributed by atoms with Crippen LogP contribution in [0.3, 0.4) is 0 Å². The minimum atomic E-state index is -0.334. The number of nitrogens with zero attached hydrogens (tertiary/aromatic N) is 2. The highest BCUT2D eigenvalue weighted by molar-refractivity contribution is 5.97. The summed E-state index contributed by atoms with van der Waals surface area (Å²) in [4.78, 5) is 29.0. The molecule has 2 aliphatic rings. The van der Waals surface area contributed by atoms with E-state index in [0.717, 1.165) is 38.0 Å². The van der Waals surface area contributed by atoms with Gasteiger partial charge in [0.25, 0.3) is 0 Å². The molecule has 0 bridgehead atoms. The highest BCUT2D eigenvalue weighted by Crippen LogP contribution is 2.27. The fourth-order valence-electron chi connectivity index (χ4n) is 3.98. The molecule has 2 saturated heterocycles. The Labute approximate surface area is 150 Å². The lowest BCUT2D eigenvalue weighted by atomic mass is 10.0. The fraction of sp³-hybridized carbons (Fsp3) is 0.600. The van der Waals surface area contributed by atoms with Crippen LogP contribution in [0.1, 0.15) is 51.0 Å². The number of hydrogen-bond acceptors (Lipinski definition) is 3. The van der Waals surface area contributed by atoms with Gasteiger partial charge in [0, 0.05) is 37.4 Å². The predicted molar refractivity (Wildman–Crippen MR) is 101 cm³/mol. The zero-order valence-electron chi connectivity index (χ0n) is 15.4. The van der Waals surface area contributed by atoms with Gasteiger partial charge >= 0.3 is 0 Å². The average Bonchev–Trinajstić information content (AvgIpc) is 3.15. The Hall–Kier alpha value is -2.04. The first-order chi connectivity index (χ1) is 12.1. The van der Waals surface area contributed by atoms with E-state index in [1.165, 1.54) is 24.1 Å². The molecule has 0 radical (unpaired) electrons. The third-order valence-electron chi connectivity index (χ3n) is 5.34. The van der Waals surface area contributed by atoms with Crippen LogP contribution in [-0.2, 0) is 9.59 Å². The zero-order chi connectivity index (χ0) is 17.8. The molecule has 5 nitrogen and oxygen atoms in total. The van der Waals surface area contributed by atoms with E-state index in [4.69, 9.17) is 0 Å². The lowest BCUT2D eigenvalue weighted by Crippen LogP contribution is -2.49. The van der Waals surface area contributed by atoms with Gasteiger partial charge in [0.15, 0.2) is 0 Å². The molecule has 0 unspecified atom stereocenters. The van der Waals surface area contributed by atoms with E-state index in [2.05, 4.69) is 23.2 Å². The highest BCUT2D eigenvalue weighted by Gasteiger charge is 2.31. The van der Waals surface area contributed by atoms with Gasteiger partial charge in [0.1, 0.15) is 6.04 Å². The Bertz CT molecular complexity index is 638. The van der Waals surface area contributed by atoms with Crippen LogP contribution in [0.4, 0.5) is 11.4 Å². The van der Waals surface area contributed by atoms with Crippen molar-refractivity contribution in [3.63, 3.8) is 0 Å². The van der Waals surface area contributed by atoms with Crippen molar-refractivity contribution in [3.8, 4) is 0 Å². The number of carbonyl (C=O) groups is 2. The molecule has 1 aromatic carbocycles. The fourth-order valence-corrected chi connectivity index (χ4v) is 3.98. The van der Waals surface area contributed by atoms with Crippen LogP contribution < -0.4 is 10.2 Å². The quantitative estimate of drug-likeness (QED) is 0.912. The SMILES string of the molecule is CCC(=O)N1CCCC[C@@H]1C(=O)Nc1ccc(N2CCCC2)c(C)c1. The minimum absolute atomic E-state index is 0.0603. The number of piperidine rings is 1. The van der Waals surface area contributed by atoms with E-state index < -0.39 is 0 Å². The Kier molecular flexibility index (Phi) is 5.61. The van der Waals surface area contributed by atoms with Crippen LogP contribution in [0.15, 0.2) is 18.2 Å². The Morgan fingerprint density at radius 2 is 1.84 bits per heavy atom. The van der Waals surface area contributed by atoms with E-state index in [-0.39, 0.29) is 17.9 Å². The molecule has 1 N–H and O–H groups in total. The summed E-state index contributed by atoms with van der Waals surface area (Å²) in [6.45, 7) is 6.87. The van der Waals surface area contributed by atoms with Crippen molar-refractivity contribution in [1.82, 2.24) is 4.90 Å². The molecule has 0 aliphatic carbocycles. The summed E-state index contributed by atoms with van der Waals surface area (Å²) in [6.07, 6.45) is 5.69. The monoisotopic (exact) mass is 343 g/mol. The molecular formula is C20H29N3O2. The maximum atomic E-state index is 12.7. The number of anilines is 2. The normalized spacial score (nSPS) is 20.6.